The molecular formula is C20H30N4O7. The normalized spacial score (nSPS) is 23.1. The first-order valence-electron chi connectivity index (χ1n) is 10.1. The topological polar surface area (TPSA) is 152 Å². The minimum Gasteiger partial charge on any atom is -0.491 e. The highest BCUT2D eigenvalue weighted by Gasteiger charge is 2.53. The first kappa shape index (κ1) is 24.4. The summed E-state index contributed by atoms with van der Waals surface area (Å²) in [5.74, 6) is -0.259. The SMILES string of the molecule is COc1c[nH]c(C(=O)N2CCC[C@@]3(C(=O)NCCO)CCN(C)C[C@H]23)cc1=O.O=CO. The summed E-state index contributed by atoms with van der Waals surface area (Å²) in [5.41, 5.74) is -0.859. The molecule has 11 nitrogen and oxygen atoms in total. The van der Waals surface area contributed by atoms with Crippen LogP contribution in [-0.2, 0) is 9.59 Å². The van der Waals surface area contributed by atoms with Gasteiger partial charge in [0.2, 0.25) is 11.3 Å². The van der Waals surface area contributed by atoms with Crippen LogP contribution >= 0.6 is 0 Å². The smallest absolute Gasteiger partial charge is 0.290 e. The summed E-state index contributed by atoms with van der Waals surface area (Å²) >= 11 is 0. The molecule has 2 atom stereocenters. The Labute approximate surface area is 180 Å². The standard InChI is InChI=1S/C19H28N4O5.CH2O2/c1-22-8-5-19(18(27)20-6-9-24)4-3-7-23(16(19)12-22)17(26)13-10-14(25)15(28-2)11-21-13;2-1-3/h10-11,16,24H,3-9,12H2,1-2H3,(H,20,27)(H,21,25);1H,(H,2,3)/t16-,19+;/m0./s1. The number of pyridine rings is 1. The van der Waals surface area contributed by atoms with Gasteiger partial charge in [-0.1, -0.05) is 0 Å². The Balaban J connectivity index is 0.00000107. The number of likely N-dealkylation sites (tertiary alicyclic amines) is 2. The van der Waals surface area contributed by atoms with E-state index in [0.717, 1.165) is 6.54 Å². The number of methoxy groups -OCH3 is 1. The number of carbonyl (C=O) groups is 3. The number of carbonyl (C=O) groups excluding carboxylic acids is 2. The van der Waals surface area contributed by atoms with E-state index in [1.807, 2.05) is 7.05 Å². The zero-order chi connectivity index (χ0) is 23.0. The van der Waals surface area contributed by atoms with Crippen molar-refractivity contribution in [2.24, 2.45) is 5.41 Å². The number of aliphatic hydroxyl groups excluding tert-OH is 1. The van der Waals surface area contributed by atoms with Crippen molar-refractivity contribution >= 4 is 18.3 Å². The molecule has 2 saturated heterocycles. The number of carboxylic acid groups (broad SMARTS) is 1. The van der Waals surface area contributed by atoms with Gasteiger partial charge in [-0.15, -0.1) is 0 Å². The van der Waals surface area contributed by atoms with Gasteiger partial charge in [0.1, 0.15) is 5.69 Å². The number of aliphatic hydroxyl groups is 1. The molecule has 3 heterocycles. The molecule has 11 heteroatoms. The monoisotopic (exact) mass is 438 g/mol. The summed E-state index contributed by atoms with van der Waals surface area (Å²) in [6.07, 6.45) is 3.44. The molecular weight excluding hydrogens is 408 g/mol. The molecule has 0 unspecified atom stereocenters. The minimum atomic E-state index is -0.678. The maximum Gasteiger partial charge on any atom is 0.290 e. The summed E-state index contributed by atoms with van der Waals surface area (Å²) in [7, 11) is 3.37. The van der Waals surface area contributed by atoms with E-state index in [4.69, 9.17) is 19.7 Å². The van der Waals surface area contributed by atoms with Crippen LogP contribution in [0, 0.1) is 5.41 Å². The fourth-order valence-corrected chi connectivity index (χ4v) is 4.39. The number of rotatable bonds is 5. The van der Waals surface area contributed by atoms with Gasteiger partial charge in [0.25, 0.3) is 12.4 Å². The largest absolute Gasteiger partial charge is 0.491 e. The molecule has 0 aromatic carbocycles. The number of amides is 2. The third-order valence-electron chi connectivity index (χ3n) is 5.90. The van der Waals surface area contributed by atoms with E-state index < -0.39 is 5.41 Å². The first-order valence-corrected chi connectivity index (χ1v) is 10.1. The van der Waals surface area contributed by atoms with E-state index in [1.165, 1.54) is 19.4 Å². The predicted octanol–water partition coefficient (Wildman–Crippen LogP) is -0.881. The summed E-state index contributed by atoms with van der Waals surface area (Å²) in [6, 6.07) is 0.951. The van der Waals surface area contributed by atoms with Gasteiger partial charge in [-0.05, 0) is 32.9 Å². The molecule has 0 spiro atoms. The zero-order valence-electron chi connectivity index (χ0n) is 17.8. The number of H-pyrrole nitrogens is 1. The second-order valence-corrected chi connectivity index (χ2v) is 7.65. The molecule has 2 fully saturated rings. The average molecular weight is 438 g/mol. The quantitative estimate of drug-likeness (QED) is 0.433. The number of likely N-dealkylation sites (N-methyl/N-ethyl adjacent to an activating group) is 1. The minimum absolute atomic E-state index is 0.111. The number of hydrogen-bond donors (Lipinski definition) is 4. The van der Waals surface area contributed by atoms with E-state index in [1.54, 1.807) is 4.90 Å². The lowest BCUT2D eigenvalue weighted by atomic mass is 9.67. The van der Waals surface area contributed by atoms with Gasteiger partial charge in [0.05, 0.1) is 25.2 Å². The van der Waals surface area contributed by atoms with Crippen molar-refractivity contribution < 1.29 is 29.3 Å². The molecule has 3 rings (SSSR count). The third kappa shape index (κ3) is 5.23. The number of fused-ring (bicyclic) bond motifs is 1. The summed E-state index contributed by atoms with van der Waals surface area (Å²) in [4.78, 5) is 53.3. The van der Waals surface area contributed by atoms with Crippen molar-refractivity contribution in [1.82, 2.24) is 20.1 Å². The van der Waals surface area contributed by atoms with Gasteiger partial charge >= 0.3 is 0 Å². The Bertz CT molecular complexity index is 843. The highest BCUT2D eigenvalue weighted by Crippen LogP contribution is 2.42. The van der Waals surface area contributed by atoms with Crippen LogP contribution in [-0.4, -0.2) is 96.3 Å². The molecule has 0 saturated carbocycles. The summed E-state index contributed by atoms with van der Waals surface area (Å²) in [6.45, 7) is 1.70. The fraction of sp³-hybridized carbons (Fsp3) is 0.600. The molecule has 0 radical (unpaired) electrons. The molecule has 31 heavy (non-hydrogen) atoms. The lowest BCUT2D eigenvalue weighted by Crippen LogP contribution is -2.66. The van der Waals surface area contributed by atoms with Crippen LogP contribution in [0.3, 0.4) is 0 Å². The van der Waals surface area contributed by atoms with E-state index in [-0.39, 0.29) is 54.4 Å². The van der Waals surface area contributed by atoms with Crippen molar-refractivity contribution in [2.45, 2.75) is 25.3 Å². The Kier molecular flexibility index (Phi) is 8.57. The summed E-state index contributed by atoms with van der Waals surface area (Å²) < 4.78 is 4.96. The molecule has 2 aliphatic rings. The number of ether oxygens (including phenoxy) is 1. The second kappa shape index (κ2) is 10.9. The highest BCUT2D eigenvalue weighted by atomic mass is 16.5. The number of aromatic amines is 1. The van der Waals surface area contributed by atoms with Crippen LogP contribution in [0.1, 0.15) is 29.8 Å². The van der Waals surface area contributed by atoms with Crippen LogP contribution in [0.5, 0.6) is 5.75 Å². The van der Waals surface area contributed by atoms with Crippen molar-refractivity contribution in [3.63, 3.8) is 0 Å². The van der Waals surface area contributed by atoms with Crippen LogP contribution in [0.15, 0.2) is 17.1 Å². The van der Waals surface area contributed by atoms with E-state index in [2.05, 4.69) is 15.2 Å². The molecule has 172 valence electrons. The van der Waals surface area contributed by atoms with E-state index in [0.29, 0.717) is 32.4 Å². The number of aromatic nitrogens is 1. The molecule has 2 aliphatic heterocycles. The molecule has 4 N–H and O–H groups in total. The number of piperidine rings is 2. The van der Waals surface area contributed by atoms with Gasteiger partial charge in [-0.3, -0.25) is 19.2 Å². The Morgan fingerprint density at radius 1 is 1.39 bits per heavy atom. The second-order valence-electron chi connectivity index (χ2n) is 7.65. The molecule has 2 amide bonds. The molecule has 0 aliphatic carbocycles. The zero-order valence-corrected chi connectivity index (χ0v) is 17.8. The lowest BCUT2D eigenvalue weighted by Gasteiger charge is -2.53. The number of nitrogens with one attached hydrogen (secondary N) is 2. The highest BCUT2D eigenvalue weighted by molar-refractivity contribution is 5.94. The Hall–Kier alpha value is -2.92. The van der Waals surface area contributed by atoms with Gasteiger partial charge in [-0.25, -0.2) is 0 Å². The van der Waals surface area contributed by atoms with Gasteiger partial charge < -0.3 is 35.1 Å². The van der Waals surface area contributed by atoms with Gasteiger partial charge in [-0.2, -0.15) is 0 Å². The van der Waals surface area contributed by atoms with Crippen molar-refractivity contribution in [3.05, 3.63) is 28.2 Å². The summed E-state index contributed by atoms with van der Waals surface area (Å²) in [5, 5.41) is 18.8. The van der Waals surface area contributed by atoms with E-state index in [9.17, 15) is 14.4 Å². The fourth-order valence-electron chi connectivity index (χ4n) is 4.39. The van der Waals surface area contributed by atoms with E-state index >= 15 is 0 Å². The average Bonchev–Trinajstić information content (AvgIpc) is 2.77. The maximum absolute atomic E-state index is 13.2. The maximum atomic E-state index is 13.2. The Morgan fingerprint density at radius 2 is 2.10 bits per heavy atom. The van der Waals surface area contributed by atoms with Crippen LogP contribution in [0.25, 0.3) is 0 Å². The molecule has 1 aromatic rings. The van der Waals surface area contributed by atoms with Crippen molar-refractivity contribution in [3.8, 4) is 5.75 Å². The van der Waals surface area contributed by atoms with Crippen LogP contribution in [0.2, 0.25) is 0 Å². The van der Waals surface area contributed by atoms with Crippen LogP contribution < -0.4 is 15.5 Å². The van der Waals surface area contributed by atoms with Gasteiger partial charge in [0, 0.05) is 31.9 Å². The Morgan fingerprint density at radius 3 is 2.71 bits per heavy atom. The predicted molar refractivity (Wildman–Crippen MR) is 111 cm³/mol. The van der Waals surface area contributed by atoms with Gasteiger partial charge in [0.15, 0.2) is 5.75 Å². The lowest BCUT2D eigenvalue weighted by molar-refractivity contribution is -0.142. The molecule has 0 bridgehead atoms. The molecule has 1 aromatic heterocycles. The van der Waals surface area contributed by atoms with Crippen LogP contribution in [0.4, 0.5) is 0 Å². The number of nitrogens with zero attached hydrogens (tertiary/aromatic N) is 2. The van der Waals surface area contributed by atoms with Crippen molar-refractivity contribution in [2.75, 3.05) is 46.9 Å². The van der Waals surface area contributed by atoms with Crippen molar-refractivity contribution in [1.29, 1.82) is 0 Å². The first-order chi connectivity index (χ1) is 14.8. The number of hydrogen-bond acceptors (Lipinski definition) is 7. The third-order valence-corrected chi connectivity index (χ3v) is 5.90.